The summed E-state index contributed by atoms with van der Waals surface area (Å²) >= 11 is 7.95. The van der Waals surface area contributed by atoms with Gasteiger partial charge in [0, 0.05) is 16.4 Å². The van der Waals surface area contributed by atoms with Gasteiger partial charge in [0.25, 0.3) is 0 Å². The van der Waals surface area contributed by atoms with Crippen molar-refractivity contribution < 1.29 is 0 Å². The van der Waals surface area contributed by atoms with Crippen LogP contribution in [0.15, 0.2) is 29.6 Å². The number of benzene rings is 1. The first-order valence-corrected chi connectivity index (χ1v) is 6.66. The van der Waals surface area contributed by atoms with Crippen LogP contribution in [0.2, 0.25) is 5.02 Å². The fourth-order valence-electron chi connectivity index (χ4n) is 2.23. The van der Waals surface area contributed by atoms with Gasteiger partial charge in [-0.1, -0.05) is 17.7 Å². The van der Waals surface area contributed by atoms with Crippen molar-refractivity contribution in [3.05, 3.63) is 45.8 Å². The molecule has 16 heavy (non-hydrogen) atoms. The fraction of sp³-hybridized carbons (Fsp3) is 0.231. The quantitative estimate of drug-likeness (QED) is 0.813. The van der Waals surface area contributed by atoms with Crippen LogP contribution >= 0.6 is 22.9 Å². The van der Waals surface area contributed by atoms with Crippen molar-refractivity contribution in [2.75, 3.05) is 6.54 Å². The van der Waals surface area contributed by atoms with E-state index in [0.29, 0.717) is 0 Å². The Morgan fingerprint density at radius 1 is 1.31 bits per heavy atom. The van der Waals surface area contributed by atoms with Crippen molar-refractivity contribution in [2.45, 2.75) is 13.0 Å². The average molecular weight is 250 g/mol. The third kappa shape index (κ3) is 1.77. The first kappa shape index (κ1) is 10.3. The molecule has 3 heteroatoms. The maximum Gasteiger partial charge on any atom is 0.0415 e. The number of thiophene rings is 1. The Morgan fingerprint density at radius 3 is 3.06 bits per heavy atom. The SMILES string of the molecule is Clc1cc2c(c(-c3cccs3)c1)CCNC2. The van der Waals surface area contributed by atoms with Crippen LogP contribution in [0.25, 0.3) is 10.4 Å². The van der Waals surface area contributed by atoms with Crippen LogP contribution in [0, 0.1) is 0 Å². The van der Waals surface area contributed by atoms with Crippen LogP contribution in [-0.2, 0) is 13.0 Å². The maximum absolute atomic E-state index is 6.18. The molecule has 0 radical (unpaired) electrons. The molecule has 2 aromatic rings. The Labute approximate surface area is 104 Å². The lowest BCUT2D eigenvalue weighted by Gasteiger charge is -2.20. The lowest BCUT2D eigenvalue weighted by Crippen LogP contribution is -2.24. The predicted octanol–water partition coefficient (Wildman–Crippen LogP) is 3.71. The molecule has 1 nitrogen and oxygen atoms in total. The van der Waals surface area contributed by atoms with Crippen molar-refractivity contribution >= 4 is 22.9 Å². The lowest BCUT2D eigenvalue weighted by atomic mass is 9.95. The van der Waals surface area contributed by atoms with E-state index < -0.39 is 0 Å². The number of halogens is 1. The van der Waals surface area contributed by atoms with E-state index >= 15 is 0 Å². The molecule has 1 aromatic carbocycles. The van der Waals surface area contributed by atoms with Gasteiger partial charge in [0.1, 0.15) is 0 Å². The van der Waals surface area contributed by atoms with Crippen LogP contribution in [0.4, 0.5) is 0 Å². The van der Waals surface area contributed by atoms with Crippen molar-refractivity contribution in [3.8, 4) is 10.4 Å². The van der Waals surface area contributed by atoms with E-state index in [1.165, 1.54) is 21.6 Å². The number of fused-ring (bicyclic) bond motifs is 1. The van der Waals surface area contributed by atoms with Crippen LogP contribution in [0.5, 0.6) is 0 Å². The smallest absolute Gasteiger partial charge is 0.0415 e. The summed E-state index contributed by atoms with van der Waals surface area (Å²) in [7, 11) is 0. The van der Waals surface area contributed by atoms with Gasteiger partial charge in [-0.2, -0.15) is 0 Å². The first-order chi connectivity index (χ1) is 7.84. The molecular weight excluding hydrogens is 238 g/mol. The van der Waals surface area contributed by atoms with Crippen LogP contribution < -0.4 is 5.32 Å². The molecule has 2 heterocycles. The van der Waals surface area contributed by atoms with E-state index in [2.05, 4.69) is 35.0 Å². The highest BCUT2D eigenvalue weighted by molar-refractivity contribution is 7.13. The van der Waals surface area contributed by atoms with Crippen molar-refractivity contribution in [1.82, 2.24) is 5.32 Å². The molecule has 3 rings (SSSR count). The maximum atomic E-state index is 6.18. The summed E-state index contributed by atoms with van der Waals surface area (Å²) < 4.78 is 0. The molecule has 0 amide bonds. The Morgan fingerprint density at radius 2 is 2.25 bits per heavy atom. The molecule has 0 aliphatic carbocycles. The van der Waals surface area contributed by atoms with E-state index in [1.54, 1.807) is 11.3 Å². The molecule has 1 aliphatic heterocycles. The standard InChI is InChI=1S/C13H12ClNS/c14-10-6-9-8-15-4-3-11(9)12(7-10)13-2-1-5-16-13/h1-2,5-7,15H,3-4,8H2. The predicted molar refractivity (Wildman–Crippen MR) is 70.2 cm³/mol. The summed E-state index contributed by atoms with van der Waals surface area (Å²) in [5.74, 6) is 0. The average Bonchev–Trinajstić information content (AvgIpc) is 2.81. The number of nitrogens with one attached hydrogen (secondary N) is 1. The van der Waals surface area contributed by atoms with Crippen LogP contribution in [0.1, 0.15) is 11.1 Å². The second-order valence-corrected chi connectivity index (χ2v) is 5.38. The zero-order valence-electron chi connectivity index (χ0n) is 8.79. The summed E-state index contributed by atoms with van der Waals surface area (Å²) in [6.45, 7) is 2.00. The topological polar surface area (TPSA) is 12.0 Å². The highest BCUT2D eigenvalue weighted by Crippen LogP contribution is 2.34. The Balaban J connectivity index is 2.20. The normalized spacial score (nSPS) is 14.8. The van der Waals surface area contributed by atoms with Gasteiger partial charge >= 0.3 is 0 Å². The third-order valence-electron chi connectivity index (χ3n) is 2.96. The molecular formula is C13H12ClNS. The largest absolute Gasteiger partial charge is 0.312 e. The van der Waals surface area contributed by atoms with Crippen molar-refractivity contribution in [1.29, 1.82) is 0 Å². The van der Waals surface area contributed by atoms with Gasteiger partial charge in [0.2, 0.25) is 0 Å². The monoisotopic (exact) mass is 249 g/mol. The summed E-state index contributed by atoms with van der Waals surface area (Å²) in [6.07, 6.45) is 1.10. The molecule has 82 valence electrons. The van der Waals surface area contributed by atoms with Gasteiger partial charge in [-0.05, 0) is 53.2 Å². The summed E-state index contributed by atoms with van der Waals surface area (Å²) in [5, 5.41) is 6.34. The Bertz CT molecular complexity index is 505. The second-order valence-electron chi connectivity index (χ2n) is 4.00. The van der Waals surface area contributed by atoms with Gasteiger partial charge in [-0.25, -0.2) is 0 Å². The van der Waals surface area contributed by atoms with Gasteiger partial charge in [-0.3, -0.25) is 0 Å². The molecule has 0 fully saturated rings. The fourth-order valence-corrected chi connectivity index (χ4v) is 3.25. The molecule has 0 spiro atoms. The second kappa shape index (κ2) is 4.21. The van der Waals surface area contributed by atoms with E-state index in [0.717, 1.165) is 24.5 Å². The van der Waals surface area contributed by atoms with Crippen molar-refractivity contribution in [3.63, 3.8) is 0 Å². The molecule has 1 aliphatic rings. The zero-order chi connectivity index (χ0) is 11.0. The summed E-state index contributed by atoms with van der Waals surface area (Å²) in [4.78, 5) is 1.32. The van der Waals surface area contributed by atoms with E-state index in [-0.39, 0.29) is 0 Å². The minimum atomic E-state index is 0.839. The Hall–Kier alpha value is -0.830. The molecule has 0 bridgehead atoms. The molecule has 0 atom stereocenters. The van der Waals surface area contributed by atoms with Gasteiger partial charge in [0.15, 0.2) is 0 Å². The minimum absolute atomic E-state index is 0.839. The number of hydrogen-bond donors (Lipinski definition) is 1. The van der Waals surface area contributed by atoms with Gasteiger partial charge in [-0.15, -0.1) is 11.3 Å². The lowest BCUT2D eigenvalue weighted by molar-refractivity contribution is 0.645. The molecule has 0 saturated heterocycles. The summed E-state index contributed by atoms with van der Waals surface area (Å²) in [6, 6.07) is 8.44. The van der Waals surface area contributed by atoms with Crippen LogP contribution in [-0.4, -0.2) is 6.54 Å². The molecule has 0 unspecified atom stereocenters. The van der Waals surface area contributed by atoms with Gasteiger partial charge < -0.3 is 5.32 Å². The number of rotatable bonds is 1. The minimum Gasteiger partial charge on any atom is -0.312 e. The summed E-state index contributed by atoms with van der Waals surface area (Å²) in [5.41, 5.74) is 4.13. The third-order valence-corrected chi connectivity index (χ3v) is 4.08. The van der Waals surface area contributed by atoms with E-state index in [4.69, 9.17) is 11.6 Å². The van der Waals surface area contributed by atoms with E-state index in [1.807, 2.05) is 0 Å². The van der Waals surface area contributed by atoms with E-state index in [9.17, 15) is 0 Å². The highest BCUT2D eigenvalue weighted by Gasteiger charge is 2.15. The van der Waals surface area contributed by atoms with Gasteiger partial charge in [0.05, 0.1) is 0 Å². The Kier molecular flexibility index (Phi) is 2.72. The molecule has 0 saturated carbocycles. The highest BCUT2D eigenvalue weighted by atomic mass is 35.5. The zero-order valence-corrected chi connectivity index (χ0v) is 10.4. The molecule has 1 N–H and O–H groups in total. The number of hydrogen-bond acceptors (Lipinski definition) is 2. The first-order valence-electron chi connectivity index (χ1n) is 5.40. The molecule has 1 aromatic heterocycles. The van der Waals surface area contributed by atoms with Crippen LogP contribution in [0.3, 0.4) is 0 Å². The van der Waals surface area contributed by atoms with Crippen molar-refractivity contribution in [2.24, 2.45) is 0 Å².